The Morgan fingerprint density at radius 3 is 2.03 bits per heavy atom. The third kappa shape index (κ3) is 4.86. The fourth-order valence-electron chi connectivity index (χ4n) is 3.93. The summed E-state index contributed by atoms with van der Waals surface area (Å²) < 4.78 is 28.1. The van der Waals surface area contributed by atoms with Crippen molar-refractivity contribution in [3.63, 3.8) is 0 Å². The van der Waals surface area contributed by atoms with Crippen molar-refractivity contribution in [1.29, 1.82) is 0 Å². The van der Waals surface area contributed by atoms with E-state index in [1.165, 1.54) is 18.2 Å². The summed E-state index contributed by atoms with van der Waals surface area (Å²) in [5, 5.41) is 11.5. The van der Waals surface area contributed by atoms with Gasteiger partial charge in [-0.25, -0.2) is 8.42 Å². The first kappa shape index (κ1) is 23.2. The summed E-state index contributed by atoms with van der Waals surface area (Å²) >= 11 is 0. The molecule has 176 valence electrons. The van der Waals surface area contributed by atoms with E-state index in [-0.39, 0.29) is 11.6 Å². The van der Waals surface area contributed by atoms with Crippen LogP contribution in [0.5, 0.6) is 0 Å². The largest absolute Gasteiger partial charge is 0.368 e. The molecule has 4 rings (SSSR count). The normalized spacial score (nSPS) is 14.0. The Labute approximate surface area is 198 Å². The Bertz CT molecular complexity index is 1260. The number of piperazine rings is 1. The minimum absolute atomic E-state index is 0.261. The summed E-state index contributed by atoms with van der Waals surface area (Å²) in [6.07, 6.45) is 0. The van der Waals surface area contributed by atoms with Crippen LogP contribution in [0.1, 0.15) is 0 Å². The molecule has 0 N–H and O–H groups in total. The monoisotopic (exact) mass is 480 g/mol. The van der Waals surface area contributed by atoms with Crippen LogP contribution in [0.4, 0.5) is 17.1 Å². The maximum absolute atomic E-state index is 13.6. The fraction of sp³-hybridized carbons (Fsp3) is 0.208. The lowest BCUT2D eigenvalue weighted by Gasteiger charge is -2.37. The van der Waals surface area contributed by atoms with Crippen LogP contribution in [0.25, 0.3) is 0 Å². The molecule has 0 unspecified atom stereocenters. The Balaban J connectivity index is 1.57. The van der Waals surface area contributed by atoms with Gasteiger partial charge in [0.15, 0.2) is 4.90 Å². The van der Waals surface area contributed by atoms with Gasteiger partial charge in [-0.3, -0.25) is 19.2 Å². The van der Waals surface area contributed by atoms with Crippen LogP contribution in [0.2, 0.25) is 0 Å². The zero-order valence-electron chi connectivity index (χ0n) is 18.4. The van der Waals surface area contributed by atoms with E-state index in [9.17, 15) is 23.3 Å². The van der Waals surface area contributed by atoms with E-state index in [0.29, 0.717) is 26.2 Å². The molecule has 0 radical (unpaired) electrons. The summed E-state index contributed by atoms with van der Waals surface area (Å²) in [5.41, 5.74) is 0.795. The number of carbonyl (C=O) groups excluding carboxylic acids is 1. The second kappa shape index (κ2) is 9.92. The molecule has 1 saturated heterocycles. The lowest BCUT2D eigenvalue weighted by Crippen LogP contribution is -2.52. The number of rotatable bonds is 7. The fourth-order valence-corrected chi connectivity index (χ4v) is 5.50. The SMILES string of the molecule is O=C(CN(c1ccccc1)S(=O)(=O)c1ccccc1[N+](=O)[O-])N1CCN(c2ccccc2)CC1. The number of sulfonamides is 1. The molecular weight excluding hydrogens is 456 g/mol. The van der Waals surface area contributed by atoms with Crippen molar-refractivity contribution >= 4 is 33.0 Å². The maximum atomic E-state index is 13.6. The predicted octanol–water partition coefficient (Wildman–Crippen LogP) is 3.14. The van der Waals surface area contributed by atoms with Crippen molar-refractivity contribution in [1.82, 2.24) is 4.90 Å². The first-order valence-corrected chi connectivity index (χ1v) is 12.2. The minimum Gasteiger partial charge on any atom is -0.368 e. The molecule has 1 heterocycles. The number of nitro groups is 1. The number of carbonyl (C=O) groups is 1. The molecule has 1 fully saturated rings. The van der Waals surface area contributed by atoms with Gasteiger partial charge in [-0.1, -0.05) is 48.5 Å². The zero-order valence-corrected chi connectivity index (χ0v) is 19.2. The lowest BCUT2D eigenvalue weighted by molar-refractivity contribution is -0.387. The van der Waals surface area contributed by atoms with E-state index >= 15 is 0 Å². The summed E-state index contributed by atoms with van der Waals surface area (Å²) in [7, 11) is -4.38. The third-order valence-corrected chi connectivity index (χ3v) is 7.53. The summed E-state index contributed by atoms with van der Waals surface area (Å²) in [5.74, 6) is -0.362. The van der Waals surface area contributed by atoms with Gasteiger partial charge in [0.05, 0.1) is 10.6 Å². The van der Waals surface area contributed by atoms with Gasteiger partial charge in [0.2, 0.25) is 5.91 Å². The molecule has 0 aromatic heterocycles. The number of para-hydroxylation sites is 3. The van der Waals surface area contributed by atoms with Gasteiger partial charge >= 0.3 is 0 Å². The number of nitrogens with zero attached hydrogens (tertiary/aromatic N) is 4. The Morgan fingerprint density at radius 2 is 1.41 bits per heavy atom. The number of nitro benzene ring substituents is 1. The van der Waals surface area contributed by atoms with Crippen LogP contribution < -0.4 is 9.21 Å². The van der Waals surface area contributed by atoms with Gasteiger partial charge in [0, 0.05) is 37.9 Å². The van der Waals surface area contributed by atoms with E-state index < -0.39 is 32.1 Å². The summed E-state index contributed by atoms with van der Waals surface area (Å²) in [4.78, 5) is 27.3. The molecule has 3 aromatic rings. The van der Waals surface area contributed by atoms with Gasteiger partial charge in [-0.2, -0.15) is 0 Å². The highest BCUT2D eigenvalue weighted by Crippen LogP contribution is 2.30. The van der Waals surface area contributed by atoms with Crippen LogP contribution in [-0.4, -0.2) is 56.9 Å². The van der Waals surface area contributed by atoms with Crippen molar-refractivity contribution in [3.05, 3.63) is 95.0 Å². The van der Waals surface area contributed by atoms with Gasteiger partial charge in [-0.05, 0) is 30.3 Å². The standard InChI is InChI=1S/C24H24N4O5S/c29-24(26-17-15-25(16-18-26)20-9-3-1-4-10-20)19-27(21-11-5-2-6-12-21)34(32,33)23-14-8-7-13-22(23)28(30)31/h1-14H,15-19H2. The minimum atomic E-state index is -4.38. The van der Waals surface area contributed by atoms with Crippen molar-refractivity contribution in [3.8, 4) is 0 Å². The predicted molar refractivity (Wildman–Crippen MR) is 129 cm³/mol. The molecule has 0 atom stereocenters. The van der Waals surface area contributed by atoms with Crippen LogP contribution in [-0.2, 0) is 14.8 Å². The van der Waals surface area contributed by atoms with E-state index in [2.05, 4.69) is 4.90 Å². The molecule has 1 aliphatic heterocycles. The molecule has 0 spiro atoms. The second-order valence-corrected chi connectivity index (χ2v) is 9.61. The molecule has 0 aliphatic carbocycles. The van der Waals surface area contributed by atoms with E-state index in [0.717, 1.165) is 16.1 Å². The van der Waals surface area contributed by atoms with Crippen molar-refractivity contribution in [2.45, 2.75) is 4.90 Å². The van der Waals surface area contributed by atoms with Crippen LogP contribution in [0.15, 0.2) is 89.8 Å². The van der Waals surface area contributed by atoms with Crippen LogP contribution in [0.3, 0.4) is 0 Å². The van der Waals surface area contributed by atoms with Crippen LogP contribution >= 0.6 is 0 Å². The van der Waals surface area contributed by atoms with Gasteiger partial charge in [0.1, 0.15) is 6.54 Å². The van der Waals surface area contributed by atoms with Gasteiger partial charge in [-0.15, -0.1) is 0 Å². The topological polar surface area (TPSA) is 104 Å². The van der Waals surface area contributed by atoms with Gasteiger partial charge in [0.25, 0.3) is 15.7 Å². The lowest BCUT2D eigenvalue weighted by atomic mass is 10.2. The first-order valence-electron chi connectivity index (χ1n) is 10.8. The Morgan fingerprint density at radius 1 is 0.853 bits per heavy atom. The van der Waals surface area contributed by atoms with Crippen LogP contribution in [0, 0.1) is 10.1 Å². The molecule has 0 bridgehead atoms. The number of anilines is 2. The quantitative estimate of drug-likeness (QED) is 0.380. The molecule has 34 heavy (non-hydrogen) atoms. The van der Waals surface area contributed by atoms with Crippen molar-refractivity contribution in [2.24, 2.45) is 0 Å². The van der Waals surface area contributed by atoms with Crippen molar-refractivity contribution in [2.75, 3.05) is 41.9 Å². The molecule has 10 heteroatoms. The molecule has 3 aromatic carbocycles. The van der Waals surface area contributed by atoms with Crippen molar-refractivity contribution < 1.29 is 18.1 Å². The highest BCUT2D eigenvalue weighted by molar-refractivity contribution is 7.93. The molecule has 1 amide bonds. The second-order valence-electron chi connectivity index (χ2n) is 7.78. The first-order chi connectivity index (χ1) is 16.4. The number of hydrogen-bond acceptors (Lipinski definition) is 6. The maximum Gasteiger partial charge on any atom is 0.289 e. The van der Waals surface area contributed by atoms with Gasteiger partial charge < -0.3 is 9.80 Å². The molecule has 1 aliphatic rings. The van der Waals surface area contributed by atoms with E-state index in [1.807, 2.05) is 30.3 Å². The molecular formula is C24H24N4O5S. The molecule has 0 saturated carbocycles. The van der Waals surface area contributed by atoms with E-state index in [1.54, 1.807) is 35.2 Å². The number of hydrogen-bond donors (Lipinski definition) is 0. The Kier molecular flexibility index (Phi) is 6.78. The summed E-state index contributed by atoms with van der Waals surface area (Å²) in [6, 6.07) is 23.2. The Hall–Kier alpha value is -3.92. The zero-order chi connectivity index (χ0) is 24.1. The highest BCUT2D eigenvalue weighted by Gasteiger charge is 2.34. The number of amides is 1. The average Bonchev–Trinajstić information content (AvgIpc) is 2.88. The molecule has 9 nitrogen and oxygen atoms in total. The third-order valence-electron chi connectivity index (χ3n) is 5.71. The highest BCUT2D eigenvalue weighted by atomic mass is 32.2. The number of benzene rings is 3. The average molecular weight is 481 g/mol. The van der Waals surface area contributed by atoms with E-state index in [4.69, 9.17) is 0 Å². The summed E-state index contributed by atoms with van der Waals surface area (Å²) in [6.45, 7) is 1.68. The smallest absolute Gasteiger partial charge is 0.289 e.